The predicted molar refractivity (Wildman–Crippen MR) is 60.1 cm³/mol. The Morgan fingerprint density at radius 3 is 2.56 bits per heavy atom. The molecule has 0 atom stereocenters. The average Bonchev–Trinajstić information content (AvgIpc) is 2.26. The van der Waals surface area contributed by atoms with Crippen molar-refractivity contribution >= 4 is 5.91 Å². The first-order valence-corrected chi connectivity index (χ1v) is 5.00. The quantitative estimate of drug-likeness (QED) is 0.456. The van der Waals surface area contributed by atoms with Gasteiger partial charge in [0.05, 0.1) is 6.61 Å². The van der Waals surface area contributed by atoms with Crippen LogP contribution in [0.25, 0.3) is 0 Å². The third kappa shape index (κ3) is 3.78. The second-order valence-corrected chi connectivity index (χ2v) is 3.20. The van der Waals surface area contributed by atoms with Gasteiger partial charge in [0.2, 0.25) is 0 Å². The highest BCUT2D eigenvalue weighted by Crippen LogP contribution is 2.19. The molecule has 0 spiro atoms. The van der Waals surface area contributed by atoms with E-state index in [1.807, 2.05) is 13.0 Å². The van der Waals surface area contributed by atoms with Crippen molar-refractivity contribution in [2.45, 2.75) is 6.92 Å². The van der Waals surface area contributed by atoms with Crippen molar-refractivity contribution in [3.8, 4) is 11.5 Å². The van der Waals surface area contributed by atoms with Crippen LogP contribution >= 0.6 is 0 Å². The highest BCUT2D eigenvalue weighted by molar-refractivity contribution is 5.76. The topological polar surface area (TPSA) is 64.8 Å². The average molecular weight is 224 g/mol. The highest BCUT2D eigenvalue weighted by atomic mass is 16.5. The number of hydrogen-bond donors (Lipinski definition) is 1. The van der Waals surface area contributed by atoms with Crippen molar-refractivity contribution in [3.05, 3.63) is 24.3 Å². The van der Waals surface area contributed by atoms with Crippen molar-refractivity contribution in [2.75, 3.05) is 20.3 Å². The van der Waals surface area contributed by atoms with Gasteiger partial charge >= 0.3 is 0 Å². The minimum Gasteiger partial charge on any atom is -0.494 e. The van der Waals surface area contributed by atoms with Crippen LogP contribution in [0.15, 0.2) is 24.3 Å². The predicted octanol–water partition coefficient (Wildman–Crippen LogP) is 0.796. The number of ether oxygens (including phenoxy) is 2. The molecule has 0 saturated heterocycles. The van der Waals surface area contributed by atoms with Crippen LogP contribution in [-0.2, 0) is 4.79 Å². The second kappa shape index (κ2) is 5.97. The van der Waals surface area contributed by atoms with Gasteiger partial charge in [-0.15, -0.1) is 0 Å². The van der Waals surface area contributed by atoms with Crippen LogP contribution < -0.4 is 15.3 Å². The van der Waals surface area contributed by atoms with Crippen LogP contribution in [0, 0.1) is 0 Å². The Labute approximate surface area is 94.7 Å². The standard InChI is InChI=1S/C11H16N2O3/c1-3-15-9-5-4-6-10(7-9)16-8-11(14)13(2)12/h4-7H,3,8,12H2,1-2H3. The molecule has 1 aromatic rings. The monoisotopic (exact) mass is 224 g/mol. The lowest BCUT2D eigenvalue weighted by molar-refractivity contribution is -0.132. The number of nitrogens with two attached hydrogens (primary N) is 1. The molecule has 5 nitrogen and oxygen atoms in total. The molecular formula is C11H16N2O3. The molecule has 0 unspecified atom stereocenters. The van der Waals surface area contributed by atoms with Crippen molar-refractivity contribution in [2.24, 2.45) is 5.84 Å². The molecule has 1 amide bonds. The number of carbonyl (C=O) groups excluding carboxylic acids is 1. The van der Waals surface area contributed by atoms with Crippen LogP contribution in [0.4, 0.5) is 0 Å². The zero-order valence-electron chi connectivity index (χ0n) is 9.47. The van der Waals surface area contributed by atoms with E-state index in [9.17, 15) is 4.79 Å². The summed E-state index contributed by atoms with van der Waals surface area (Å²) in [5.74, 6) is 6.27. The van der Waals surface area contributed by atoms with Gasteiger partial charge in [-0.25, -0.2) is 5.84 Å². The van der Waals surface area contributed by atoms with E-state index in [0.29, 0.717) is 18.1 Å². The van der Waals surface area contributed by atoms with Crippen LogP contribution in [0.3, 0.4) is 0 Å². The Morgan fingerprint density at radius 1 is 1.38 bits per heavy atom. The van der Waals surface area contributed by atoms with E-state index >= 15 is 0 Å². The van der Waals surface area contributed by atoms with E-state index in [1.54, 1.807) is 18.2 Å². The number of likely N-dealkylation sites (N-methyl/N-ethyl adjacent to an activating group) is 1. The molecule has 0 saturated carbocycles. The molecule has 2 N–H and O–H groups in total. The van der Waals surface area contributed by atoms with Gasteiger partial charge in [0, 0.05) is 13.1 Å². The van der Waals surface area contributed by atoms with Crippen molar-refractivity contribution in [1.29, 1.82) is 0 Å². The molecule has 5 heteroatoms. The number of rotatable bonds is 5. The first-order chi connectivity index (χ1) is 7.63. The van der Waals surface area contributed by atoms with E-state index in [4.69, 9.17) is 15.3 Å². The maximum absolute atomic E-state index is 11.2. The molecule has 1 aromatic carbocycles. The van der Waals surface area contributed by atoms with Gasteiger partial charge in [-0.05, 0) is 19.1 Å². The summed E-state index contributed by atoms with van der Waals surface area (Å²) in [5.41, 5.74) is 0. The smallest absolute Gasteiger partial charge is 0.274 e. The van der Waals surface area contributed by atoms with Crippen LogP contribution in [0.5, 0.6) is 11.5 Å². The van der Waals surface area contributed by atoms with Gasteiger partial charge in [0.25, 0.3) is 5.91 Å². The maximum Gasteiger partial charge on any atom is 0.274 e. The summed E-state index contributed by atoms with van der Waals surface area (Å²) in [6.07, 6.45) is 0. The Balaban J connectivity index is 2.53. The fourth-order valence-corrected chi connectivity index (χ4v) is 1.07. The van der Waals surface area contributed by atoms with E-state index < -0.39 is 0 Å². The fraction of sp³-hybridized carbons (Fsp3) is 0.364. The number of carbonyl (C=O) groups is 1. The maximum atomic E-state index is 11.2. The Hall–Kier alpha value is -1.75. The summed E-state index contributed by atoms with van der Waals surface area (Å²) in [6.45, 7) is 2.41. The first-order valence-electron chi connectivity index (χ1n) is 5.00. The van der Waals surface area contributed by atoms with Crippen LogP contribution in [-0.4, -0.2) is 31.2 Å². The molecule has 0 aliphatic heterocycles. The third-order valence-electron chi connectivity index (χ3n) is 1.87. The largest absolute Gasteiger partial charge is 0.494 e. The van der Waals surface area contributed by atoms with E-state index in [0.717, 1.165) is 5.01 Å². The molecule has 0 bridgehead atoms. The van der Waals surface area contributed by atoms with Gasteiger partial charge in [-0.1, -0.05) is 6.07 Å². The summed E-state index contributed by atoms with van der Waals surface area (Å²) < 4.78 is 10.6. The van der Waals surface area contributed by atoms with Crippen LogP contribution in [0.2, 0.25) is 0 Å². The zero-order chi connectivity index (χ0) is 12.0. The van der Waals surface area contributed by atoms with E-state index in [-0.39, 0.29) is 12.5 Å². The lowest BCUT2D eigenvalue weighted by atomic mass is 10.3. The molecule has 0 radical (unpaired) electrons. The van der Waals surface area contributed by atoms with Crippen molar-refractivity contribution in [3.63, 3.8) is 0 Å². The number of amides is 1. The van der Waals surface area contributed by atoms with Gasteiger partial charge in [-0.2, -0.15) is 0 Å². The molecule has 0 aromatic heterocycles. The van der Waals surface area contributed by atoms with Gasteiger partial charge in [0.1, 0.15) is 11.5 Å². The first kappa shape index (κ1) is 12.3. The molecule has 0 fully saturated rings. The molecular weight excluding hydrogens is 208 g/mol. The number of nitrogens with zero attached hydrogens (tertiary/aromatic N) is 1. The lowest BCUT2D eigenvalue weighted by Crippen LogP contribution is -2.36. The summed E-state index contributed by atoms with van der Waals surface area (Å²) in [4.78, 5) is 11.2. The highest BCUT2D eigenvalue weighted by Gasteiger charge is 2.05. The van der Waals surface area contributed by atoms with Gasteiger partial charge in [0.15, 0.2) is 6.61 Å². The van der Waals surface area contributed by atoms with Gasteiger partial charge < -0.3 is 9.47 Å². The Kier molecular flexibility index (Phi) is 4.60. The number of benzene rings is 1. The van der Waals surface area contributed by atoms with Crippen molar-refractivity contribution in [1.82, 2.24) is 5.01 Å². The summed E-state index contributed by atoms with van der Waals surface area (Å²) in [7, 11) is 1.47. The fourth-order valence-electron chi connectivity index (χ4n) is 1.07. The normalized spacial score (nSPS) is 9.69. The van der Waals surface area contributed by atoms with E-state index in [2.05, 4.69) is 0 Å². The molecule has 88 valence electrons. The minimum atomic E-state index is -0.290. The van der Waals surface area contributed by atoms with E-state index in [1.165, 1.54) is 7.05 Å². The summed E-state index contributed by atoms with van der Waals surface area (Å²) in [6, 6.07) is 7.11. The van der Waals surface area contributed by atoms with Gasteiger partial charge in [-0.3, -0.25) is 9.80 Å². The van der Waals surface area contributed by atoms with Crippen molar-refractivity contribution < 1.29 is 14.3 Å². The Morgan fingerprint density at radius 2 is 2.00 bits per heavy atom. The molecule has 0 aliphatic carbocycles. The molecule has 16 heavy (non-hydrogen) atoms. The molecule has 1 rings (SSSR count). The minimum absolute atomic E-state index is 0.0808. The lowest BCUT2D eigenvalue weighted by Gasteiger charge is -2.11. The van der Waals surface area contributed by atoms with Crippen LogP contribution in [0.1, 0.15) is 6.92 Å². The second-order valence-electron chi connectivity index (χ2n) is 3.20. The summed E-state index contributed by atoms with van der Waals surface area (Å²) in [5, 5.41) is 0.992. The molecule has 0 heterocycles. The number of hydrazine groups is 1. The number of hydrogen-bond acceptors (Lipinski definition) is 4. The SMILES string of the molecule is CCOc1cccc(OCC(=O)N(C)N)c1. The Bertz CT molecular complexity index is 353. The molecule has 0 aliphatic rings. The zero-order valence-corrected chi connectivity index (χ0v) is 9.47. The third-order valence-corrected chi connectivity index (χ3v) is 1.87. The summed E-state index contributed by atoms with van der Waals surface area (Å²) >= 11 is 0.